The molecule has 0 aliphatic carbocycles. The van der Waals surface area contributed by atoms with Crippen molar-refractivity contribution < 1.29 is 4.74 Å². The van der Waals surface area contributed by atoms with Crippen molar-refractivity contribution in [2.24, 2.45) is 5.84 Å². The van der Waals surface area contributed by atoms with Gasteiger partial charge in [0.05, 0.1) is 22.8 Å². The number of hydrazine groups is 1. The molecule has 1 aliphatic heterocycles. The van der Waals surface area contributed by atoms with E-state index in [9.17, 15) is 0 Å². The van der Waals surface area contributed by atoms with Crippen LogP contribution in [0, 0.1) is 6.92 Å². The predicted octanol–water partition coefficient (Wildman–Crippen LogP) is 1.00. The largest absolute Gasteiger partial charge is 0.377 e. The summed E-state index contributed by atoms with van der Waals surface area (Å²) in [5.74, 6) is 5.55. The number of nitrogens with one attached hydrogen (secondary N) is 1. The van der Waals surface area contributed by atoms with Gasteiger partial charge >= 0.3 is 0 Å². The summed E-state index contributed by atoms with van der Waals surface area (Å²) in [6, 6.07) is 0.189. The van der Waals surface area contributed by atoms with Crippen LogP contribution >= 0.6 is 11.3 Å². The molecule has 1 aliphatic rings. The molecule has 4 nitrogen and oxygen atoms in total. The highest BCUT2D eigenvalue weighted by Crippen LogP contribution is 2.19. The summed E-state index contributed by atoms with van der Waals surface area (Å²) < 4.78 is 5.62. The van der Waals surface area contributed by atoms with E-state index in [1.807, 2.05) is 6.92 Å². The summed E-state index contributed by atoms with van der Waals surface area (Å²) in [6.45, 7) is 2.88. The maximum absolute atomic E-state index is 5.62. The smallest absolute Gasteiger partial charge is 0.0897 e. The number of thiazole rings is 1. The predicted molar refractivity (Wildman–Crippen MR) is 60.6 cm³/mol. The van der Waals surface area contributed by atoms with Gasteiger partial charge in [0.1, 0.15) is 0 Å². The Morgan fingerprint density at radius 3 is 3.20 bits per heavy atom. The fraction of sp³-hybridized carbons (Fsp3) is 0.700. The summed E-state index contributed by atoms with van der Waals surface area (Å²) >= 11 is 1.68. The van der Waals surface area contributed by atoms with Crippen LogP contribution in [0.4, 0.5) is 0 Å². The molecule has 0 amide bonds. The Hall–Kier alpha value is -0.490. The summed E-state index contributed by atoms with van der Waals surface area (Å²) in [6.07, 6.45) is 3.33. The number of nitrogens with two attached hydrogens (primary N) is 1. The molecule has 0 radical (unpaired) electrons. The van der Waals surface area contributed by atoms with E-state index in [1.165, 1.54) is 0 Å². The number of hydrogen-bond donors (Lipinski definition) is 2. The van der Waals surface area contributed by atoms with Crippen molar-refractivity contribution >= 4 is 11.3 Å². The quantitative estimate of drug-likeness (QED) is 0.595. The van der Waals surface area contributed by atoms with E-state index in [0.717, 1.165) is 36.6 Å². The van der Waals surface area contributed by atoms with E-state index in [0.29, 0.717) is 0 Å². The molecule has 2 heterocycles. The average Bonchev–Trinajstić information content (AvgIpc) is 2.85. The van der Waals surface area contributed by atoms with Gasteiger partial charge in [-0.25, -0.2) is 4.98 Å². The highest BCUT2D eigenvalue weighted by Gasteiger charge is 2.25. The van der Waals surface area contributed by atoms with Gasteiger partial charge in [0.15, 0.2) is 0 Å². The van der Waals surface area contributed by atoms with Crippen LogP contribution in [0.15, 0.2) is 5.38 Å². The Morgan fingerprint density at radius 1 is 1.80 bits per heavy atom. The fourth-order valence-corrected chi connectivity index (χ4v) is 2.57. The second kappa shape index (κ2) is 5.03. The van der Waals surface area contributed by atoms with Gasteiger partial charge in [0.2, 0.25) is 0 Å². The Balaban J connectivity index is 1.95. The molecule has 3 N–H and O–H groups in total. The van der Waals surface area contributed by atoms with Crippen molar-refractivity contribution in [1.82, 2.24) is 10.4 Å². The molecule has 0 aromatic carbocycles. The minimum Gasteiger partial charge on any atom is -0.377 e. The first-order valence-electron chi connectivity index (χ1n) is 5.28. The Bertz CT molecular complexity index is 309. The van der Waals surface area contributed by atoms with Crippen molar-refractivity contribution in [2.45, 2.75) is 38.3 Å². The number of rotatable bonds is 4. The van der Waals surface area contributed by atoms with Crippen molar-refractivity contribution in [2.75, 3.05) is 6.61 Å². The molecule has 15 heavy (non-hydrogen) atoms. The molecule has 84 valence electrons. The number of aromatic nitrogens is 1. The van der Waals surface area contributed by atoms with Crippen LogP contribution in [0.1, 0.15) is 23.5 Å². The van der Waals surface area contributed by atoms with Crippen LogP contribution in [-0.2, 0) is 11.2 Å². The third-order valence-corrected chi connectivity index (χ3v) is 3.55. The molecule has 2 unspecified atom stereocenters. The van der Waals surface area contributed by atoms with Crippen LogP contribution in [0.2, 0.25) is 0 Å². The van der Waals surface area contributed by atoms with Crippen LogP contribution in [-0.4, -0.2) is 23.7 Å². The second-order valence-corrected chi connectivity index (χ2v) is 4.95. The molecule has 5 heteroatoms. The summed E-state index contributed by atoms with van der Waals surface area (Å²) in [4.78, 5) is 4.44. The van der Waals surface area contributed by atoms with Crippen LogP contribution < -0.4 is 11.3 Å². The maximum Gasteiger partial charge on any atom is 0.0897 e. The molecule has 1 fully saturated rings. The maximum atomic E-state index is 5.62. The summed E-state index contributed by atoms with van der Waals surface area (Å²) in [5, 5.41) is 3.20. The average molecular weight is 227 g/mol. The van der Waals surface area contributed by atoms with Gasteiger partial charge in [-0.05, 0) is 19.8 Å². The molecule has 1 aromatic rings. The topological polar surface area (TPSA) is 60.2 Å². The number of hydrogen-bond acceptors (Lipinski definition) is 5. The third-order valence-electron chi connectivity index (χ3n) is 2.72. The van der Waals surface area contributed by atoms with Gasteiger partial charge in [-0.15, -0.1) is 11.3 Å². The van der Waals surface area contributed by atoms with Crippen LogP contribution in [0.25, 0.3) is 0 Å². The van der Waals surface area contributed by atoms with E-state index < -0.39 is 0 Å². The molecule has 0 bridgehead atoms. The highest BCUT2D eigenvalue weighted by molar-refractivity contribution is 7.09. The molecule has 1 saturated heterocycles. The van der Waals surface area contributed by atoms with E-state index >= 15 is 0 Å². The molecule has 2 rings (SSSR count). The lowest BCUT2D eigenvalue weighted by molar-refractivity contribution is 0.0782. The van der Waals surface area contributed by atoms with E-state index in [4.69, 9.17) is 10.6 Å². The first-order chi connectivity index (χ1) is 7.29. The zero-order valence-corrected chi connectivity index (χ0v) is 9.72. The number of nitrogens with zero attached hydrogens (tertiary/aromatic N) is 1. The summed E-state index contributed by atoms with van der Waals surface area (Å²) in [7, 11) is 0. The minimum atomic E-state index is 0.189. The van der Waals surface area contributed by atoms with Gasteiger partial charge in [0.25, 0.3) is 0 Å². The lowest BCUT2D eigenvalue weighted by Gasteiger charge is -2.20. The molecular formula is C10H17N3OS. The lowest BCUT2D eigenvalue weighted by atomic mass is 10.0. The molecule has 2 atom stereocenters. The Morgan fingerprint density at radius 2 is 2.67 bits per heavy atom. The van der Waals surface area contributed by atoms with Gasteiger partial charge < -0.3 is 4.74 Å². The van der Waals surface area contributed by atoms with Gasteiger partial charge in [-0.2, -0.15) is 0 Å². The Labute approximate surface area is 93.8 Å². The van der Waals surface area contributed by atoms with Gasteiger partial charge in [-0.3, -0.25) is 11.3 Å². The van der Waals surface area contributed by atoms with Crippen molar-refractivity contribution in [1.29, 1.82) is 0 Å². The number of aryl methyl sites for hydroxylation is 1. The van der Waals surface area contributed by atoms with Gasteiger partial charge in [0, 0.05) is 18.4 Å². The second-order valence-electron chi connectivity index (χ2n) is 3.89. The van der Waals surface area contributed by atoms with E-state index in [1.54, 1.807) is 11.3 Å². The van der Waals surface area contributed by atoms with Crippen molar-refractivity contribution in [3.63, 3.8) is 0 Å². The van der Waals surface area contributed by atoms with Crippen LogP contribution in [0.3, 0.4) is 0 Å². The zero-order chi connectivity index (χ0) is 10.7. The first kappa shape index (κ1) is 11.0. The number of ether oxygens (including phenoxy) is 1. The van der Waals surface area contributed by atoms with Gasteiger partial charge in [-0.1, -0.05) is 0 Å². The van der Waals surface area contributed by atoms with Crippen LogP contribution in [0.5, 0.6) is 0 Å². The molecule has 1 aromatic heterocycles. The monoisotopic (exact) mass is 227 g/mol. The Kier molecular flexibility index (Phi) is 3.69. The van der Waals surface area contributed by atoms with E-state index in [-0.39, 0.29) is 12.1 Å². The third kappa shape index (κ3) is 2.75. The van der Waals surface area contributed by atoms with Crippen molar-refractivity contribution in [3.8, 4) is 0 Å². The van der Waals surface area contributed by atoms with E-state index in [2.05, 4.69) is 15.8 Å². The zero-order valence-electron chi connectivity index (χ0n) is 8.90. The molecule has 0 spiro atoms. The minimum absolute atomic E-state index is 0.189. The highest BCUT2D eigenvalue weighted by atomic mass is 32.1. The lowest BCUT2D eigenvalue weighted by Crippen LogP contribution is -2.45. The SMILES string of the molecule is Cc1nc(CC(NN)C2CCCO2)cs1. The fourth-order valence-electron chi connectivity index (χ4n) is 1.94. The summed E-state index contributed by atoms with van der Waals surface area (Å²) in [5.41, 5.74) is 3.95. The molecule has 0 saturated carbocycles. The first-order valence-corrected chi connectivity index (χ1v) is 6.16. The normalized spacial score (nSPS) is 23.2. The van der Waals surface area contributed by atoms with Crippen molar-refractivity contribution in [3.05, 3.63) is 16.1 Å². The standard InChI is InChI=1S/C10H17N3OS/c1-7-12-8(6-15-7)5-9(13-11)10-3-2-4-14-10/h6,9-10,13H,2-5,11H2,1H3. The molecular weight excluding hydrogens is 210 g/mol.